The van der Waals surface area contributed by atoms with Crippen molar-refractivity contribution in [3.8, 4) is 0 Å². The van der Waals surface area contributed by atoms with Crippen LogP contribution in [0.3, 0.4) is 0 Å². The summed E-state index contributed by atoms with van der Waals surface area (Å²) in [7, 11) is 0. The van der Waals surface area contributed by atoms with Gasteiger partial charge in [0.2, 0.25) is 0 Å². The maximum Gasteiger partial charge on any atom is 0.313 e. The van der Waals surface area contributed by atoms with Crippen LogP contribution in [-0.2, 0) is 4.79 Å². The maximum atomic E-state index is 10.8. The zero-order valence-electron chi connectivity index (χ0n) is 9.38. The number of hydrogen-bond donors (Lipinski definition) is 2. The van der Waals surface area contributed by atoms with E-state index in [0.29, 0.717) is 10.8 Å². The fraction of sp³-hybridized carbons (Fsp3) is 0.417. The van der Waals surface area contributed by atoms with Crippen LogP contribution in [0.15, 0.2) is 29.2 Å². The van der Waals surface area contributed by atoms with Crippen molar-refractivity contribution >= 4 is 17.7 Å². The van der Waals surface area contributed by atoms with Gasteiger partial charge in [-0.05, 0) is 17.7 Å². The Morgan fingerprint density at radius 3 is 2.25 bits per heavy atom. The van der Waals surface area contributed by atoms with Gasteiger partial charge >= 0.3 is 5.97 Å². The largest absolute Gasteiger partial charge is 0.481 e. The second-order valence-electron chi connectivity index (χ2n) is 3.81. The minimum atomic E-state index is -0.994. The maximum absolute atomic E-state index is 10.8. The summed E-state index contributed by atoms with van der Waals surface area (Å²) in [5.74, 6) is -1.81. The predicted octanol–water partition coefficient (Wildman–Crippen LogP) is 2.35. The minimum absolute atomic E-state index is 0.369. The molecule has 1 atom stereocenters. The highest BCUT2D eigenvalue weighted by molar-refractivity contribution is 7.99. The van der Waals surface area contributed by atoms with E-state index in [0.717, 1.165) is 4.90 Å². The zero-order valence-corrected chi connectivity index (χ0v) is 10.2. The van der Waals surface area contributed by atoms with E-state index in [1.165, 1.54) is 0 Å². The van der Waals surface area contributed by atoms with Crippen molar-refractivity contribution in [1.82, 2.24) is 0 Å². The van der Waals surface area contributed by atoms with E-state index >= 15 is 0 Å². The first-order chi connectivity index (χ1) is 7.54. The summed E-state index contributed by atoms with van der Waals surface area (Å²) in [5.41, 5.74) is 0.642. The van der Waals surface area contributed by atoms with Gasteiger partial charge < -0.3 is 10.2 Å². The number of hydrogen-bond acceptors (Lipinski definition) is 3. The van der Waals surface area contributed by atoms with Gasteiger partial charge in [0.05, 0.1) is 6.61 Å². The molecular weight excluding hydrogens is 224 g/mol. The number of carbonyl (C=O) groups is 1. The third kappa shape index (κ3) is 3.54. The van der Waals surface area contributed by atoms with Crippen LogP contribution in [0.4, 0.5) is 0 Å². The number of thioether (sulfide) groups is 1. The Labute approximate surface area is 99.5 Å². The third-order valence-electron chi connectivity index (χ3n) is 2.13. The van der Waals surface area contributed by atoms with Gasteiger partial charge in [-0.1, -0.05) is 26.0 Å². The van der Waals surface area contributed by atoms with Crippen molar-refractivity contribution in [3.05, 3.63) is 29.8 Å². The molecule has 1 unspecified atom stereocenters. The second kappa shape index (κ2) is 5.92. The van der Waals surface area contributed by atoms with Crippen LogP contribution >= 0.6 is 11.8 Å². The fourth-order valence-electron chi connectivity index (χ4n) is 1.38. The van der Waals surface area contributed by atoms with Gasteiger partial charge in [0.1, 0.15) is 5.92 Å². The first-order valence-electron chi connectivity index (χ1n) is 5.15. The van der Waals surface area contributed by atoms with Crippen molar-refractivity contribution in [2.75, 3.05) is 6.61 Å². The summed E-state index contributed by atoms with van der Waals surface area (Å²) in [6, 6.07) is 7.32. The fourth-order valence-corrected chi connectivity index (χ4v) is 2.21. The first kappa shape index (κ1) is 13.1. The van der Waals surface area contributed by atoms with Gasteiger partial charge in [-0.3, -0.25) is 4.79 Å². The molecule has 0 radical (unpaired) electrons. The summed E-state index contributed by atoms with van der Waals surface area (Å²) >= 11 is 1.72. The topological polar surface area (TPSA) is 57.5 Å². The number of rotatable bonds is 5. The molecule has 0 saturated heterocycles. The van der Waals surface area contributed by atoms with Gasteiger partial charge in [0.15, 0.2) is 0 Å². The third-order valence-corrected chi connectivity index (χ3v) is 3.15. The molecule has 0 aliphatic heterocycles. The molecule has 4 heteroatoms. The number of benzene rings is 1. The Morgan fingerprint density at radius 2 is 1.88 bits per heavy atom. The lowest BCUT2D eigenvalue weighted by Crippen LogP contribution is -2.15. The van der Waals surface area contributed by atoms with Gasteiger partial charge in [-0.25, -0.2) is 0 Å². The van der Waals surface area contributed by atoms with Crippen LogP contribution in [0.25, 0.3) is 0 Å². The van der Waals surface area contributed by atoms with E-state index in [4.69, 9.17) is 10.2 Å². The number of aliphatic hydroxyl groups excluding tert-OH is 1. The molecule has 88 valence electrons. The van der Waals surface area contributed by atoms with Crippen LogP contribution in [0, 0.1) is 0 Å². The highest BCUT2D eigenvalue weighted by Crippen LogP contribution is 2.25. The summed E-state index contributed by atoms with van der Waals surface area (Å²) in [5, 5.41) is 18.4. The first-order valence-corrected chi connectivity index (χ1v) is 6.03. The SMILES string of the molecule is CC(C)Sc1ccc(C(CO)C(=O)O)cc1. The normalized spacial score (nSPS) is 12.8. The standard InChI is InChI=1S/C12H16O3S/c1-8(2)16-10-5-3-9(4-6-10)11(7-13)12(14)15/h3-6,8,11,13H,7H2,1-2H3,(H,14,15). The Balaban J connectivity index is 2.81. The number of carboxylic acid groups (broad SMARTS) is 1. The van der Waals surface area contributed by atoms with Crippen molar-refractivity contribution in [1.29, 1.82) is 0 Å². The lowest BCUT2D eigenvalue weighted by molar-refractivity contribution is -0.139. The molecule has 0 spiro atoms. The summed E-state index contributed by atoms with van der Waals surface area (Å²) < 4.78 is 0. The van der Waals surface area contributed by atoms with E-state index in [-0.39, 0.29) is 6.61 Å². The summed E-state index contributed by atoms with van der Waals surface area (Å²) in [4.78, 5) is 11.9. The predicted molar refractivity (Wildman–Crippen MR) is 64.9 cm³/mol. The Kier molecular flexibility index (Phi) is 4.83. The van der Waals surface area contributed by atoms with Crippen molar-refractivity contribution in [2.45, 2.75) is 29.9 Å². The van der Waals surface area contributed by atoms with E-state index in [9.17, 15) is 4.79 Å². The van der Waals surface area contributed by atoms with Crippen molar-refractivity contribution in [3.63, 3.8) is 0 Å². The van der Waals surface area contributed by atoms with Crippen LogP contribution < -0.4 is 0 Å². The zero-order chi connectivity index (χ0) is 12.1. The molecule has 1 rings (SSSR count). The Bertz CT molecular complexity index is 346. The van der Waals surface area contributed by atoms with E-state index < -0.39 is 11.9 Å². The lowest BCUT2D eigenvalue weighted by Gasteiger charge is -2.10. The molecule has 2 N–H and O–H groups in total. The molecule has 0 amide bonds. The highest BCUT2D eigenvalue weighted by Gasteiger charge is 2.18. The molecule has 0 saturated carbocycles. The van der Waals surface area contributed by atoms with Crippen LogP contribution in [-0.4, -0.2) is 28.0 Å². The molecule has 0 aromatic heterocycles. The van der Waals surface area contributed by atoms with Crippen LogP contribution in [0.1, 0.15) is 25.3 Å². The average molecular weight is 240 g/mol. The Morgan fingerprint density at radius 1 is 1.31 bits per heavy atom. The molecule has 1 aromatic rings. The van der Waals surface area contributed by atoms with E-state index in [1.54, 1.807) is 23.9 Å². The molecular formula is C12H16O3S. The van der Waals surface area contributed by atoms with Crippen molar-refractivity contribution < 1.29 is 15.0 Å². The molecule has 3 nitrogen and oxygen atoms in total. The highest BCUT2D eigenvalue weighted by atomic mass is 32.2. The number of aliphatic carboxylic acids is 1. The van der Waals surface area contributed by atoms with Gasteiger partial charge in [-0.2, -0.15) is 0 Å². The Hall–Kier alpha value is -1.00. The van der Waals surface area contributed by atoms with Gasteiger partial charge in [0.25, 0.3) is 0 Å². The minimum Gasteiger partial charge on any atom is -0.481 e. The molecule has 0 heterocycles. The van der Waals surface area contributed by atoms with Gasteiger partial charge in [-0.15, -0.1) is 11.8 Å². The monoisotopic (exact) mass is 240 g/mol. The van der Waals surface area contributed by atoms with Crippen LogP contribution in [0.5, 0.6) is 0 Å². The number of carboxylic acids is 1. The lowest BCUT2D eigenvalue weighted by atomic mass is 10.0. The average Bonchev–Trinajstić information content (AvgIpc) is 2.20. The van der Waals surface area contributed by atoms with Gasteiger partial charge in [0, 0.05) is 10.1 Å². The molecule has 1 aromatic carbocycles. The molecule has 0 fully saturated rings. The summed E-state index contributed by atoms with van der Waals surface area (Å²) in [6.45, 7) is 3.84. The molecule has 0 aliphatic carbocycles. The molecule has 16 heavy (non-hydrogen) atoms. The number of aliphatic hydroxyl groups is 1. The molecule has 0 aliphatic rings. The van der Waals surface area contributed by atoms with E-state index in [1.807, 2.05) is 12.1 Å². The second-order valence-corrected chi connectivity index (χ2v) is 5.46. The smallest absolute Gasteiger partial charge is 0.313 e. The quantitative estimate of drug-likeness (QED) is 0.776. The summed E-state index contributed by atoms with van der Waals surface area (Å²) in [6.07, 6.45) is 0. The molecule has 0 bridgehead atoms. The van der Waals surface area contributed by atoms with Crippen LogP contribution in [0.2, 0.25) is 0 Å². The van der Waals surface area contributed by atoms with Crippen molar-refractivity contribution in [2.24, 2.45) is 0 Å². The van der Waals surface area contributed by atoms with E-state index in [2.05, 4.69) is 13.8 Å².